The van der Waals surface area contributed by atoms with E-state index in [9.17, 15) is 4.79 Å². The van der Waals surface area contributed by atoms with E-state index in [2.05, 4.69) is 15.5 Å². The molecule has 1 N–H and O–H groups in total. The van der Waals surface area contributed by atoms with E-state index < -0.39 is 0 Å². The number of urea groups is 1. The summed E-state index contributed by atoms with van der Waals surface area (Å²) in [5.41, 5.74) is 3.92. The lowest BCUT2D eigenvalue weighted by Crippen LogP contribution is -2.33. The maximum absolute atomic E-state index is 12.4. The molecule has 0 aliphatic carbocycles. The number of anilines is 1. The molecule has 2 aromatic carbocycles. The zero-order valence-electron chi connectivity index (χ0n) is 15.2. The molecule has 0 spiro atoms. The van der Waals surface area contributed by atoms with Gasteiger partial charge in [0.05, 0.1) is 0 Å². The van der Waals surface area contributed by atoms with Crippen LogP contribution in [0.5, 0.6) is 0 Å². The molecule has 0 aliphatic rings. The summed E-state index contributed by atoms with van der Waals surface area (Å²) in [6.45, 7) is 4.51. The Morgan fingerprint density at radius 3 is 2.65 bits per heavy atom. The number of amides is 2. The molecule has 0 fully saturated rings. The van der Waals surface area contributed by atoms with Crippen LogP contribution in [0, 0.1) is 13.8 Å². The van der Waals surface area contributed by atoms with Gasteiger partial charge < -0.3 is 14.7 Å². The molecular weight excluding hydrogens is 328 g/mol. The molecule has 3 rings (SSSR count). The van der Waals surface area contributed by atoms with Gasteiger partial charge in [0.25, 0.3) is 5.89 Å². The number of likely N-dealkylation sites (N-methyl/N-ethyl adjacent to an activating group) is 1. The van der Waals surface area contributed by atoms with E-state index in [1.807, 2.05) is 62.4 Å². The van der Waals surface area contributed by atoms with Crippen LogP contribution in [0.25, 0.3) is 11.5 Å². The fourth-order valence-corrected chi connectivity index (χ4v) is 2.52. The number of benzene rings is 2. The van der Waals surface area contributed by atoms with Crippen LogP contribution in [0.3, 0.4) is 0 Å². The van der Waals surface area contributed by atoms with Crippen molar-refractivity contribution >= 4 is 11.7 Å². The molecule has 0 radical (unpaired) electrons. The van der Waals surface area contributed by atoms with Gasteiger partial charge in [-0.15, -0.1) is 0 Å². The Hall–Kier alpha value is -3.15. The molecule has 3 aromatic rings. The highest BCUT2D eigenvalue weighted by Crippen LogP contribution is 2.19. The third kappa shape index (κ3) is 4.08. The minimum Gasteiger partial charge on any atom is -0.334 e. The summed E-state index contributed by atoms with van der Waals surface area (Å²) in [6, 6.07) is 15.3. The SMILES string of the molecule is Cc1cccc(NC(=O)N(C)CCc2noc(-c3ccccc3)n2)c1C. The number of aromatic nitrogens is 2. The van der Waals surface area contributed by atoms with Gasteiger partial charge in [0, 0.05) is 31.3 Å². The van der Waals surface area contributed by atoms with Gasteiger partial charge in [-0.05, 0) is 43.2 Å². The fraction of sp³-hybridized carbons (Fsp3) is 0.250. The molecule has 134 valence electrons. The average molecular weight is 350 g/mol. The van der Waals surface area contributed by atoms with E-state index in [1.54, 1.807) is 11.9 Å². The summed E-state index contributed by atoms with van der Waals surface area (Å²) in [7, 11) is 1.75. The van der Waals surface area contributed by atoms with Gasteiger partial charge in [-0.25, -0.2) is 4.79 Å². The van der Waals surface area contributed by atoms with Gasteiger partial charge in [-0.1, -0.05) is 35.5 Å². The first-order valence-electron chi connectivity index (χ1n) is 8.51. The number of hydrogen-bond donors (Lipinski definition) is 1. The van der Waals surface area contributed by atoms with Crippen LogP contribution in [0.1, 0.15) is 17.0 Å². The number of carbonyl (C=O) groups is 1. The van der Waals surface area contributed by atoms with E-state index in [0.29, 0.717) is 24.7 Å². The Balaban J connectivity index is 1.57. The lowest BCUT2D eigenvalue weighted by Gasteiger charge is -2.18. The highest BCUT2D eigenvalue weighted by Gasteiger charge is 2.13. The van der Waals surface area contributed by atoms with Crippen molar-refractivity contribution in [2.45, 2.75) is 20.3 Å². The minimum atomic E-state index is -0.162. The van der Waals surface area contributed by atoms with E-state index in [1.165, 1.54) is 0 Å². The smallest absolute Gasteiger partial charge is 0.321 e. The van der Waals surface area contributed by atoms with E-state index in [-0.39, 0.29) is 6.03 Å². The summed E-state index contributed by atoms with van der Waals surface area (Å²) in [6.07, 6.45) is 0.521. The number of nitrogens with one attached hydrogen (secondary N) is 1. The molecule has 1 heterocycles. The predicted molar refractivity (Wildman–Crippen MR) is 101 cm³/mol. The molecule has 0 bridgehead atoms. The lowest BCUT2D eigenvalue weighted by molar-refractivity contribution is 0.222. The molecule has 6 heteroatoms. The van der Waals surface area contributed by atoms with Gasteiger partial charge in [-0.2, -0.15) is 4.98 Å². The van der Waals surface area contributed by atoms with Crippen molar-refractivity contribution in [3.05, 3.63) is 65.5 Å². The molecule has 0 unspecified atom stereocenters. The Kier molecular flexibility index (Phi) is 5.31. The molecule has 26 heavy (non-hydrogen) atoms. The van der Waals surface area contributed by atoms with Gasteiger partial charge in [-0.3, -0.25) is 0 Å². The first kappa shape index (κ1) is 17.7. The Morgan fingerprint density at radius 2 is 1.88 bits per heavy atom. The van der Waals surface area contributed by atoms with Gasteiger partial charge >= 0.3 is 6.03 Å². The van der Waals surface area contributed by atoms with Crippen LogP contribution < -0.4 is 5.32 Å². The fourth-order valence-electron chi connectivity index (χ4n) is 2.52. The van der Waals surface area contributed by atoms with E-state index >= 15 is 0 Å². The van der Waals surface area contributed by atoms with Crippen molar-refractivity contribution < 1.29 is 9.32 Å². The standard InChI is InChI=1S/C20H22N4O2/c1-14-8-7-11-17(15(14)2)21-20(25)24(3)13-12-18-22-19(26-23-18)16-9-5-4-6-10-16/h4-11H,12-13H2,1-3H3,(H,21,25). The van der Waals surface area contributed by atoms with Crippen LogP contribution in [0.4, 0.5) is 10.5 Å². The molecular formula is C20H22N4O2. The number of rotatable bonds is 5. The first-order valence-corrected chi connectivity index (χ1v) is 8.51. The molecule has 6 nitrogen and oxygen atoms in total. The number of hydrogen-bond acceptors (Lipinski definition) is 4. The van der Waals surface area contributed by atoms with Crippen molar-refractivity contribution in [1.29, 1.82) is 0 Å². The summed E-state index contributed by atoms with van der Waals surface area (Å²) in [5.74, 6) is 1.07. The number of aryl methyl sites for hydroxylation is 1. The largest absolute Gasteiger partial charge is 0.334 e. The van der Waals surface area contributed by atoms with Gasteiger partial charge in [0.1, 0.15) is 0 Å². The van der Waals surface area contributed by atoms with Crippen LogP contribution in [0.2, 0.25) is 0 Å². The van der Waals surface area contributed by atoms with Gasteiger partial charge in [0.15, 0.2) is 5.82 Å². The predicted octanol–water partition coefficient (Wildman–Crippen LogP) is 4.06. The van der Waals surface area contributed by atoms with Crippen LogP contribution in [-0.4, -0.2) is 34.7 Å². The minimum absolute atomic E-state index is 0.162. The zero-order valence-corrected chi connectivity index (χ0v) is 15.2. The maximum atomic E-state index is 12.4. The van der Waals surface area contributed by atoms with Crippen LogP contribution >= 0.6 is 0 Å². The summed E-state index contributed by atoms with van der Waals surface area (Å²) in [4.78, 5) is 18.4. The third-order valence-electron chi connectivity index (χ3n) is 4.35. The van der Waals surface area contributed by atoms with Crippen molar-refractivity contribution in [2.75, 3.05) is 18.9 Å². The summed E-state index contributed by atoms with van der Waals surface area (Å²) < 4.78 is 5.29. The summed E-state index contributed by atoms with van der Waals surface area (Å²) in [5, 5.41) is 6.93. The average Bonchev–Trinajstić information content (AvgIpc) is 3.13. The molecule has 0 saturated heterocycles. The van der Waals surface area contributed by atoms with Crippen LogP contribution in [-0.2, 0) is 6.42 Å². The monoisotopic (exact) mass is 350 g/mol. The Morgan fingerprint density at radius 1 is 1.12 bits per heavy atom. The van der Waals surface area contributed by atoms with Crippen molar-refractivity contribution in [1.82, 2.24) is 15.0 Å². The number of nitrogens with zero attached hydrogens (tertiary/aromatic N) is 3. The molecule has 0 saturated carbocycles. The second kappa shape index (κ2) is 7.82. The normalized spacial score (nSPS) is 10.6. The number of carbonyl (C=O) groups excluding carboxylic acids is 1. The molecule has 0 aliphatic heterocycles. The summed E-state index contributed by atoms with van der Waals surface area (Å²) >= 11 is 0. The zero-order chi connectivity index (χ0) is 18.5. The Labute approximate surface area is 152 Å². The van der Waals surface area contributed by atoms with Crippen LogP contribution in [0.15, 0.2) is 53.1 Å². The lowest BCUT2D eigenvalue weighted by atomic mass is 10.1. The second-order valence-corrected chi connectivity index (χ2v) is 6.23. The van der Waals surface area contributed by atoms with Crippen molar-refractivity contribution in [2.24, 2.45) is 0 Å². The molecule has 0 atom stereocenters. The van der Waals surface area contributed by atoms with Crippen molar-refractivity contribution in [3.63, 3.8) is 0 Å². The van der Waals surface area contributed by atoms with Gasteiger partial charge in [0.2, 0.25) is 0 Å². The first-order chi connectivity index (χ1) is 12.5. The maximum Gasteiger partial charge on any atom is 0.321 e. The van der Waals surface area contributed by atoms with Crippen molar-refractivity contribution in [3.8, 4) is 11.5 Å². The van der Waals surface area contributed by atoms with E-state index in [0.717, 1.165) is 22.4 Å². The molecule has 1 aromatic heterocycles. The molecule has 2 amide bonds. The quantitative estimate of drug-likeness (QED) is 0.753. The topological polar surface area (TPSA) is 71.3 Å². The highest BCUT2D eigenvalue weighted by atomic mass is 16.5. The third-order valence-corrected chi connectivity index (χ3v) is 4.35. The Bertz CT molecular complexity index is 890. The highest BCUT2D eigenvalue weighted by molar-refractivity contribution is 5.90. The second-order valence-electron chi connectivity index (χ2n) is 6.23. The van der Waals surface area contributed by atoms with E-state index in [4.69, 9.17) is 4.52 Å².